The number of sulfonamides is 1. The monoisotopic (exact) mass is 261 g/mol. The molecule has 0 amide bonds. The zero-order valence-electron chi connectivity index (χ0n) is 8.33. The van der Waals surface area contributed by atoms with E-state index >= 15 is 0 Å². The van der Waals surface area contributed by atoms with Crippen LogP contribution in [0.3, 0.4) is 0 Å². The van der Waals surface area contributed by atoms with Crippen molar-refractivity contribution in [2.24, 2.45) is 5.14 Å². The van der Waals surface area contributed by atoms with Gasteiger partial charge in [0.05, 0.1) is 10.6 Å². The van der Waals surface area contributed by atoms with Crippen molar-refractivity contribution in [3.63, 3.8) is 0 Å². The number of sulfone groups is 1. The van der Waals surface area contributed by atoms with Crippen LogP contribution in [0, 0.1) is 0 Å². The Morgan fingerprint density at radius 3 is 2.50 bits per heavy atom. The fourth-order valence-corrected chi connectivity index (χ4v) is 4.75. The molecule has 88 valence electrons. The van der Waals surface area contributed by atoms with Crippen molar-refractivity contribution in [2.45, 2.75) is 16.6 Å². The highest BCUT2D eigenvalue weighted by molar-refractivity contribution is 7.92. The second-order valence-electron chi connectivity index (χ2n) is 3.72. The smallest absolute Gasteiger partial charge is 0.216 e. The molecule has 1 aliphatic heterocycles. The van der Waals surface area contributed by atoms with Crippen LogP contribution in [0.5, 0.6) is 0 Å². The summed E-state index contributed by atoms with van der Waals surface area (Å²) in [7, 11) is -7.11. The number of benzene rings is 1. The minimum atomic E-state index is -3.75. The zero-order valence-corrected chi connectivity index (χ0v) is 9.96. The summed E-state index contributed by atoms with van der Waals surface area (Å²) in [6.07, 6.45) is 0.0260. The van der Waals surface area contributed by atoms with E-state index < -0.39 is 25.1 Å². The third-order valence-corrected chi connectivity index (χ3v) is 5.74. The number of hydrogen-bond donors (Lipinski definition) is 1. The molecule has 0 aromatic heterocycles. The molecule has 1 aromatic rings. The van der Waals surface area contributed by atoms with Crippen LogP contribution in [-0.4, -0.2) is 22.6 Å². The second-order valence-corrected chi connectivity index (χ2v) is 7.55. The molecule has 0 fully saturated rings. The van der Waals surface area contributed by atoms with E-state index in [1.165, 1.54) is 12.1 Å². The molecule has 7 heteroatoms. The molecule has 0 bridgehead atoms. The summed E-state index contributed by atoms with van der Waals surface area (Å²) in [5.41, 5.74) is 0.288. The molecule has 1 atom stereocenters. The topological polar surface area (TPSA) is 94.3 Å². The van der Waals surface area contributed by atoms with E-state index in [0.29, 0.717) is 0 Å². The van der Waals surface area contributed by atoms with Gasteiger partial charge < -0.3 is 0 Å². The first kappa shape index (κ1) is 11.6. The number of hydrogen-bond acceptors (Lipinski definition) is 4. The average Bonchev–Trinajstić information content (AvgIpc) is 2.16. The van der Waals surface area contributed by atoms with Gasteiger partial charge >= 0.3 is 0 Å². The van der Waals surface area contributed by atoms with Crippen LogP contribution >= 0.6 is 0 Å². The Morgan fingerprint density at radius 2 is 1.88 bits per heavy atom. The third kappa shape index (κ3) is 1.85. The molecule has 1 heterocycles. The van der Waals surface area contributed by atoms with Crippen LogP contribution in [0.1, 0.15) is 17.2 Å². The summed E-state index contributed by atoms with van der Waals surface area (Å²) < 4.78 is 46.1. The van der Waals surface area contributed by atoms with Gasteiger partial charge in [0.25, 0.3) is 0 Å². The maximum Gasteiger partial charge on any atom is 0.216 e. The first-order chi connectivity index (χ1) is 7.32. The Kier molecular flexibility index (Phi) is 2.56. The van der Waals surface area contributed by atoms with Gasteiger partial charge in [0.1, 0.15) is 5.25 Å². The molecule has 0 aliphatic carbocycles. The third-order valence-electron chi connectivity index (χ3n) is 2.65. The SMILES string of the molecule is NS(=O)(=O)C1CCS(=O)(=O)c2ccccc21. The number of nitrogens with two attached hydrogens (primary N) is 1. The van der Waals surface area contributed by atoms with Crippen LogP contribution in [0.2, 0.25) is 0 Å². The van der Waals surface area contributed by atoms with Crippen LogP contribution in [0.15, 0.2) is 29.2 Å². The van der Waals surface area contributed by atoms with E-state index in [-0.39, 0.29) is 22.6 Å². The lowest BCUT2D eigenvalue weighted by Gasteiger charge is -2.23. The zero-order chi connectivity index (χ0) is 12.0. The van der Waals surface area contributed by atoms with E-state index in [9.17, 15) is 16.8 Å². The van der Waals surface area contributed by atoms with E-state index in [2.05, 4.69) is 0 Å². The van der Waals surface area contributed by atoms with Gasteiger partial charge in [-0.25, -0.2) is 22.0 Å². The molecule has 1 aliphatic rings. The van der Waals surface area contributed by atoms with E-state index in [1.807, 2.05) is 0 Å². The molecular formula is C9H11NO4S2. The molecule has 16 heavy (non-hydrogen) atoms. The highest BCUT2D eigenvalue weighted by Gasteiger charge is 2.35. The lowest BCUT2D eigenvalue weighted by Crippen LogP contribution is -2.29. The average molecular weight is 261 g/mol. The molecule has 2 rings (SSSR count). The maximum absolute atomic E-state index is 11.7. The minimum absolute atomic E-state index is 0.0260. The normalized spacial score (nSPS) is 23.7. The molecule has 2 N–H and O–H groups in total. The van der Waals surface area contributed by atoms with E-state index in [0.717, 1.165) is 0 Å². The molecular weight excluding hydrogens is 250 g/mol. The van der Waals surface area contributed by atoms with E-state index in [1.54, 1.807) is 12.1 Å². The maximum atomic E-state index is 11.7. The van der Waals surface area contributed by atoms with Gasteiger partial charge in [-0.15, -0.1) is 0 Å². The van der Waals surface area contributed by atoms with Crippen molar-refractivity contribution in [1.82, 2.24) is 0 Å². The van der Waals surface area contributed by atoms with Gasteiger partial charge in [0, 0.05) is 0 Å². The minimum Gasteiger partial charge on any atom is -0.228 e. The Hall–Kier alpha value is -0.920. The predicted octanol–water partition coefficient (Wildman–Crippen LogP) is 0.194. The molecule has 1 aromatic carbocycles. The molecule has 0 radical (unpaired) electrons. The van der Waals surface area contributed by atoms with Gasteiger partial charge in [0.15, 0.2) is 9.84 Å². The molecule has 0 saturated heterocycles. The molecule has 0 saturated carbocycles. The van der Waals surface area contributed by atoms with Gasteiger partial charge in [0.2, 0.25) is 10.0 Å². The van der Waals surface area contributed by atoms with Crippen molar-refractivity contribution < 1.29 is 16.8 Å². The van der Waals surface area contributed by atoms with E-state index in [4.69, 9.17) is 5.14 Å². The van der Waals surface area contributed by atoms with Gasteiger partial charge in [-0.2, -0.15) is 0 Å². The summed E-state index contributed by atoms with van der Waals surface area (Å²) in [6, 6.07) is 6.10. The fraction of sp³-hybridized carbons (Fsp3) is 0.333. The summed E-state index contributed by atoms with van der Waals surface area (Å²) in [5, 5.41) is 4.18. The Balaban J connectivity index is 2.70. The highest BCUT2D eigenvalue weighted by atomic mass is 32.2. The quantitative estimate of drug-likeness (QED) is 0.781. The van der Waals surface area contributed by atoms with Crippen molar-refractivity contribution in [1.29, 1.82) is 0 Å². The fourth-order valence-electron chi connectivity index (χ4n) is 1.90. The number of primary sulfonamides is 1. The predicted molar refractivity (Wildman–Crippen MR) is 59.0 cm³/mol. The molecule has 0 spiro atoms. The van der Waals surface area contributed by atoms with Crippen molar-refractivity contribution in [2.75, 3.05) is 5.75 Å². The van der Waals surface area contributed by atoms with Crippen molar-refractivity contribution in [3.05, 3.63) is 29.8 Å². The lowest BCUT2D eigenvalue weighted by molar-refractivity contribution is 0.566. The lowest BCUT2D eigenvalue weighted by atomic mass is 10.1. The Labute approximate surface area is 94.2 Å². The summed E-state index contributed by atoms with van der Waals surface area (Å²) in [5.74, 6) is -0.175. The summed E-state index contributed by atoms with van der Waals surface area (Å²) >= 11 is 0. The van der Waals surface area contributed by atoms with Crippen molar-refractivity contribution in [3.8, 4) is 0 Å². The first-order valence-electron chi connectivity index (χ1n) is 4.66. The Bertz CT molecular complexity index is 619. The largest absolute Gasteiger partial charge is 0.228 e. The van der Waals surface area contributed by atoms with Gasteiger partial charge in [-0.1, -0.05) is 18.2 Å². The van der Waals surface area contributed by atoms with Crippen molar-refractivity contribution >= 4 is 19.9 Å². The highest BCUT2D eigenvalue weighted by Crippen LogP contribution is 2.35. The summed E-state index contributed by atoms with van der Waals surface area (Å²) in [6.45, 7) is 0. The van der Waals surface area contributed by atoms with Crippen LogP contribution in [0.4, 0.5) is 0 Å². The van der Waals surface area contributed by atoms with Gasteiger partial charge in [-0.05, 0) is 18.1 Å². The number of fused-ring (bicyclic) bond motifs is 1. The van der Waals surface area contributed by atoms with Gasteiger partial charge in [-0.3, -0.25) is 0 Å². The summed E-state index contributed by atoms with van der Waals surface area (Å²) in [4.78, 5) is 0.0836. The number of rotatable bonds is 1. The first-order valence-corrected chi connectivity index (χ1v) is 7.92. The van der Waals surface area contributed by atoms with Crippen LogP contribution in [-0.2, 0) is 19.9 Å². The molecule has 1 unspecified atom stereocenters. The standard InChI is InChI=1S/C9H11NO4S2/c10-16(13,14)9-5-6-15(11,12)8-4-2-1-3-7(8)9/h1-4,9H,5-6H2,(H2,10,13,14). The van der Waals surface area contributed by atoms with Crippen LogP contribution < -0.4 is 5.14 Å². The molecule has 5 nitrogen and oxygen atoms in total. The Morgan fingerprint density at radius 1 is 1.25 bits per heavy atom. The second kappa shape index (κ2) is 3.54. The van der Waals surface area contributed by atoms with Crippen LogP contribution in [0.25, 0.3) is 0 Å².